The fourth-order valence-electron chi connectivity index (χ4n) is 4.19. The summed E-state index contributed by atoms with van der Waals surface area (Å²) in [5, 5.41) is 6.26. The van der Waals surface area contributed by atoms with Crippen LogP contribution in [0.3, 0.4) is 0 Å². The summed E-state index contributed by atoms with van der Waals surface area (Å²) < 4.78 is 42.0. The number of amides is 2. The van der Waals surface area contributed by atoms with Crippen LogP contribution in [0.2, 0.25) is 0 Å². The number of halogens is 3. The van der Waals surface area contributed by atoms with Gasteiger partial charge in [0.25, 0.3) is 0 Å². The van der Waals surface area contributed by atoms with E-state index in [2.05, 4.69) is 30.2 Å². The van der Waals surface area contributed by atoms with Crippen LogP contribution in [0.25, 0.3) is 11.0 Å². The number of fused-ring (bicyclic) bond motifs is 2. The van der Waals surface area contributed by atoms with E-state index in [-0.39, 0.29) is 5.69 Å². The first kappa shape index (κ1) is 21.6. The van der Waals surface area contributed by atoms with Gasteiger partial charge in [-0.2, -0.15) is 0 Å². The van der Waals surface area contributed by atoms with E-state index in [9.17, 15) is 18.0 Å². The third-order valence-electron chi connectivity index (χ3n) is 5.63. The monoisotopic (exact) mass is 467 g/mol. The van der Waals surface area contributed by atoms with Crippen molar-refractivity contribution < 1.29 is 22.7 Å². The lowest BCUT2D eigenvalue weighted by Gasteiger charge is -2.20. The molecule has 0 spiro atoms. The first-order chi connectivity index (χ1) is 16.4. The molecule has 1 aliphatic heterocycles. The van der Waals surface area contributed by atoms with Gasteiger partial charge in [0.2, 0.25) is 0 Å². The van der Waals surface area contributed by atoms with E-state index in [0.717, 1.165) is 46.9 Å². The van der Waals surface area contributed by atoms with Crippen LogP contribution < -0.4 is 20.3 Å². The smallest absolute Gasteiger partial charge is 0.404 e. The molecule has 0 atom stereocenters. The topological polar surface area (TPSA) is 82.3 Å². The predicted octanol–water partition coefficient (Wildman–Crippen LogP) is 5.67. The van der Waals surface area contributed by atoms with Crippen molar-refractivity contribution in [3.05, 3.63) is 78.1 Å². The number of ether oxygens (including phenoxy) is 1. The Balaban J connectivity index is 1.32. The number of aromatic nitrogens is 2. The zero-order valence-corrected chi connectivity index (χ0v) is 17.8. The van der Waals surface area contributed by atoms with Gasteiger partial charge in [0, 0.05) is 47.8 Å². The molecule has 174 valence electrons. The van der Waals surface area contributed by atoms with Crippen molar-refractivity contribution >= 4 is 34.1 Å². The molecule has 0 aliphatic carbocycles. The lowest BCUT2D eigenvalue weighted by Crippen LogP contribution is -2.22. The van der Waals surface area contributed by atoms with Gasteiger partial charge < -0.3 is 25.3 Å². The molecule has 0 bridgehead atoms. The van der Waals surface area contributed by atoms with Crippen LogP contribution in [-0.2, 0) is 13.0 Å². The molecule has 0 radical (unpaired) electrons. The molecule has 1 aliphatic rings. The van der Waals surface area contributed by atoms with Gasteiger partial charge in [-0.05, 0) is 48.4 Å². The van der Waals surface area contributed by atoms with Crippen LogP contribution in [0.1, 0.15) is 11.1 Å². The number of pyridine rings is 1. The number of nitrogens with one attached hydrogen (secondary N) is 3. The largest absolute Gasteiger partial charge is 0.573 e. The minimum Gasteiger partial charge on any atom is -0.404 e. The molecule has 34 heavy (non-hydrogen) atoms. The summed E-state index contributed by atoms with van der Waals surface area (Å²) in [6, 6.07) is 14.3. The fraction of sp³-hybridized carbons (Fsp3) is 0.167. The highest BCUT2D eigenvalue weighted by Crippen LogP contribution is 2.36. The van der Waals surface area contributed by atoms with Gasteiger partial charge in [-0.1, -0.05) is 18.2 Å². The van der Waals surface area contributed by atoms with Crippen LogP contribution in [0.5, 0.6) is 5.75 Å². The molecule has 2 amide bonds. The number of para-hydroxylation sites is 2. The summed E-state index contributed by atoms with van der Waals surface area (Å²) in [5.74, 6) is -0.483. The Morgan fingerprint density at radius 3 is 2.71 bits per heavy atom. The van der Waals surface area contributed by atoms with Gasteiger partial charge >= 0.3 is 12.4 Å². The summed E-state index contributed by atoms with van der Waals surface area (Å²) in [6.45, 7) is 1.45. The normalized spacial score (nSPS) is 13.1. The lowest BCUT2D eigenvalue weighted by molar-refractivity contribution is -0.274. The van der Waals surface area contributed by atoms with Crippen molar-refractivity contribution in [2.24, 2.45) is 0 Å². The highest BCUT2D eigenvalue weighted by atomic mass is 19.4. The molecule has 5 rings (SSSR count). The Kier molecular flexibility index (Phi) is 5.48. The molecule has 3 N–H and O–H groups in total. The Bertz CT molecular complexity index is 1350. The second kappa shape index (κ2) is 8.62. The van der Waals surface area contributed by atoms with E-state index in [4.69, 9.17) is 0 Å². The third kappa shape index (κ3) is 4.47. The molecule has 2 aromatic carbocycles. The van der Waals surface area contributed by atoms with E-state index < -0.39 is 18.1 Å². The molecule has 0 fully saturated rings. The Hall–Kier alpha value is -4.21. The van der Waals surface area contributed by atoms with E-state index in [1.54, 1.807) is 12.3 Å². The maximum absolute atomic E-state index is 12.7. The molecule has 0 saturated carbocycles. The van der Waals surface area contributed by atoms with Crippen LogP contribution in [0.4, 0.5) is 35.0 Å². The summed E-state index contributed by atoms with van der Waals surface area (Å²) in [7, 11) is 0. The van der Waals surface area contributed by atoms with Crippen molar-refractivity contribution in [2.45, 2.75) is 19.3 Å². The van der Waals surface area contributed by atoms with Gasteiger partial charge in [0.1, 0.15) is 5.65 Å². The third-order valence-corrected chi connectivity index (χ3v) is 5.63. The van der Waals surface area contributed by atoms with Crippen LogP contribution in [0, 0.1) is 0 Å². The number of hydrogen-bond acceptors (Lipinski definition) is 4. The molecule has 10 heteroatoms. The molecule has 4 aromatic rings. The van der Waals surface area contributed by atoms with Gasteiger partial charge in [-0.25, -0.2) is 9.78 Å². The SMILES string of the molecule is O=C(Nc1ccccc1OC(F)(F)F)Nc1cccc2c1CCN2Cc1c[nH]c2ncccc12. The highest BCUT2D eigenvalue weighted by molar-refractivity contribution is 6.01. The van der Waals surface area contributed by atoms with Crippen LogP contribution in [-0.4, -0.2) is 28.9 Å². The van der Waals surface area contributed by atoms with Crippen molar-refractivity contribution in [1.82, 2.24) is 9.97 Å². The van der Waals surface area contributed by atoms with Gasteiger partial charge in [0.05, 0.1) is 5.69 Å². The number of benzene rings is 2. The first-order valence-electron chi connectivity index (χ1n) is 10.6. The summed E-state index contributed by atoms with van der Waals surface area (Å²) in [6.07, 6.45) is -0.449. The average molecular weight is 467 g/mol. The Morgan fingerprint density at radius 1 is 1.06 bits per heavy atom. The minimum atomic E-state index is -4.86. The van der Waals surface area contributed by atoms with Crippen LogP contribution in [0.15, 0.2) is 67.0 Å². The zero-order chi connectivity index (χ0) is 23.7. The second-order valence-corrected chi connectivity index (χ2v) is 7.81. The summed E-state index contributed by atoms with van der Waals surface area (Å²) >= 11 is 0. The number of carbonyl (C=O) groups excluding carboxylic acids is 1. The minimum absolute atomic E-state index is 0.0838. The number of H-pyrrole nitrogens is 1. The summed E-state index contributed by atoms with van der Waals surface area (Å²) in [5.41, 5.74) is 4.44. The van der Waals surface area contributed by atoms with Gasteiger partial charge in [-0.15, -0.1) is 13.2 Å². The van der Waals surface area contributed by atoms with E-state index in [1.165, 1.54) is 18.2 Å². The molecule has 2 aromatic heterocycles. The van der Waals surface area contributed by atoms with Crippen molar-refractivity contribution in [1.29, 1.82) is 0 Å². The fourth-order valence-corrected chi connectivity index (χ4v) is 4.19. The molecule has 0 saturated heterocycles. The molecule has 0 unspecified atom stereocenters. The zero-order valence-electron chi connectivity index (χ0n) is 17.8. The van der Waals surface area contributed by atoms with Crippen LogP contribution >= 0.6 is 0 Å². The number of urea groups is 1. The highest BCUT2D eigenvalue weighted by Gasteiger charge is 2.32. The van der Waals surface area contributed by atoms with E-state index in [0.29, 0.717) is 12.2 Å². The average Bonchev–Trinajstić information content (AvgIpc) is 3.40. The Labute approximate surface area is 192 Å². The second-order valence-electron chi connectivity index (χ2n) is 7.81. The Morgan fingerprint density at radius 2 is 1.85 bits per heavy atom. The molecule has 3 heterocycles. The number of carbonyl (C=O) groups is 1. The predicted molar refractivity (Wildman–Crippen MR) is 123 cm³/mol. The lowest BCUT2D eigenvalue weighted by atomic mass is 10.1. The number of rotatable bonds is 5. The molecule has 7 nitrogen and oxygen atoms in total. The molecular formula is C24H20F3N5O2. The van der Waals surface area contributed by atoms with E-state index >= 15 is 0 Å². The summed E-state index contributed by atoms with van der Waals surface area (Å²) in [4.78, 5) is 22.3. The van der Waals surface area contributed by atoms with E-state index in [1.807, 2.05) is 30.5 Å². The van der Waals surface area contributed by atoms with Crippen molar-refractivity contribution in [3.63, 3.8) is 0 Å². The first-order valence-corrected chi connectivity index (χ1v) is 10.6. The quantitative estimate of drug-likeness (QED) is 0.353. The number of aromatic amines is 1. The maximum Gasteiger partial charge on any atom is 0.573 e. The van der Waals surface area contributed by atoms with Gasteiger partial charge in [0.15, 0.2) is 5.75 Å². The van der Waals surface area contributed by atoms with Crippen molar-refractivity contribution in [3.8, 4) is 5.75 Å². The number of hydrogen-bond donors (Lipinski definition) is 3. The number of alkyl halides is 3. The van der Waals surface area contributed by atoms with Gasteiger partial charge in [-0.3, -0.25) is 0 Å². The maximum atomic E-state index is 12.7. The molecular weight excluding hydrogens is 447 g/mol. The number of anilines is 3. The number of nitrogens with zero attached hydrogens (tertiary/aromatic N) is 2. The van der Waals surface area contributed by atoms with Crippen molar-refractivity contribution in [2.75, 3.05) is 22.1 Å². The standard InChI is InChI=1S/C24H20F3N5O2/c25-24(26,27)34-21-9-2-1-6-19(21)31-23(33)30-18-7-3-8-20-17(18)10-12-32(20)14-15-13-29-22-16(15)5-4-11-28-22/h1-9,11,13H,10,12,14H2,(H,28,29)(H2,30,31,33).